The van der Waals surface area contributed by atoms with Crippen molar-refractivity contribution in [3.05, 3.63) is 59.7 Å². The monoisotopic (exact) mass is 480 g/mol. The van der Waals surface area contributed by atoms with E-state index in [2.05, 4.69) is 34.9 Å². The van der Waals surface area contributed by atoms with Gasteiger partial charge in [-0.1, -0.05) is 75.7 Å². The zero-order chi connectivity index (χ0) is 25.4. The zero-order valence-electron chi connectivity index (χ0n) is 20.8. The lowest BCUT2D eigenvalue weighted by atomic mass is 9.92. The molecule has 0 radical (unpaired) electrons. The van der Waals surface area contributed by atoms with Gasteiger partial charge in [0.1, 0.15) is 6.61 Å². The molecule has 0 spiro atoms. The SMILES string of the molecule is CCCC(CNC(=O)CC(CNC(=O)OCC1c2ccccc2-c2ccccc21)C(C)C)C(=O)O. The van der Waals surface area contributed by atoms with E-state index in [-0.39, 0.29) is 43.2 Å². The van der Waals surface area contributed by atoms with E-state index in [1.54, 1.807) is 0 Å². The summed E-state index contributed by atoms with van der Waals surface area (Å²) in [6.45, 7) is 6.57. The van der Waals surface area contributed by atoms with Gasteiger partial charge in [0.05, 0.1) is 5.92 Å². The third-order valence-corrected chi connectivity index (χ3v) is 6.77. The molecule has 0 saturated carbocycles. The van der Waals surface area contributed by atoms with Crippen LogP contribution in [0.2, 0.25) is 0 Å². The summed E-state index contributed by atoms with van der Waals surface area (Å²) in [7, 11) is 0. The van der Waals surface area contributed by atoms with Gasteiger partial charge in [-0.05, 0) is 40.5 Å². The first-order valence-corrected chi connectivity index (χ1v) is 12.4. The van der Waals surface area contributed by atoms with Crippen molar-refractivity contribution in [1.82, 2.24) is 10.6 Å². The summed E-state index contributed by atoms with van der Waals surface area (Å²) in [4.78, 5) is 36.2. The second-order valence-electron chi connectivity index (χ2n) is 9.54. The number of carboxylic acids is 1. The molecule has 2 aromatic carbocycles. The van der Waals surface area contributed by atoms with E-state index in [0.717, 1.165) is 17.5 Å². The van der Waals surface area contributed by atoms with Crippen molar-refractivity contribution < 1.29 is 24.2 Å². The minimum absolute atomic E-state index is 0.00914. The lowest BCUT2D eigenvalue weighted by molar-refractivity contribution is -0.142. The number of hydrogen-bond donors (Lipinski definition) is 3. The van der Waals surface area contributed by atoms with E-state index in [4.69, 9.17) is 4.74 Å². The smallest absolute Gasteiger partial charge is 0.407 e. The number of hydrogen-bond acceptors (Lipinski definition) is 4. The maximum Gasteiger partial charge on any atom is 0.407 e. The Bertz CT molecular complexity index is 990. The van der Waals surface area contributed by atoms with Gasteiger partial charge in [0, 0.05) is 25.4 Å². The Morgan fingerprint density at radius 1 is 0.943 bits per heavy atom. The van der Waals surface area contributed by atoms with Crippen LogP contribution < -0.4 is 10.6 Å². The van der Waals surface area contributed by atoms with E-state index >= 15 is 0 Å². The number of alkyl carbamates (subject to hydrolysis) is 1. The Hall–Kier alpha value is -3.35. The summed E-state index contributed by atoms with van der Waals surface area (Å²) in [5, 5.41) is 14.8. The molecule has 0 fully saturated rings. The number of ether oxygens (including phenoxy) is 1. The summed E-state index contributed by atoms with van der Waals surface area (Å²) in [6, 6.07) is 16.3. The molecule has 2 aromatic rings. The standard InChI is InChI=1S/C28H36N2O5/c1-4-9-19(27(32)33)15-29-26(31)14-20(18(2)3)16-30-28(34)35-17-25-23-12-7-5-10-21(23)22-11-6-8-13-24(22)25/h5-8,10-13,18-20,25H,4,9,14-17H2,1-3H3,(H,29,31)(H,30,34)(H,32,33). The van der Waals surface area contributed by atoms with E-state index in [9.17, 15) is 19.5 Å². The van der Waals surface area contributed by atoms with Crippen LogP contribution in [0.15, 0.2) is 48.5 Å². The predicted molar refractivity (Wildman–Crippen MR) is 135 cm³/mol. The minimum Gasteiger partial charge on any atom is -0.481 e. The van der Waals surface area contributed by atoms with Crippen LogP contribution in [-0.4, -0.2) is 42.8 Å². The molecule has 2 amide bonds. The number of amides is 2. The maximum absolute atomic E-state index is 12.5. The number of benzene rings is 2. The van der Waals surface area contributed by atoms with Gasteiger partial charge < -0.3 is 20.5 Å². The van der Waals surface area contributed by atoms with Gasteiger partial charge in [0.15, 0.2) is 0 Å². The predicted octanol–water partition coefficient (Wildman–Crippen LogP) is 4.80. The largest absolute Gasteiger partial charge is 0.481 e. The van der Waals surface area contributed by atoms with E-state index in [1.807, 2.05) is 45.0 Å². The molecule has 0 aromatic heterocycles. The first-order chi connectivity index (χ1) is 16.8. The van der Waals surface area contributed by atoms with Gasteiger partial charge >= 0.3 is 12.1 Å². The van der Waals surface area contributed by atoms with Crippen LogP contribution in [0.25, 0.3) is 11.1 Å². The second kappa shape index (κ2) is 12.4. The number of rotatable bonds is 12. The third-order valence-electron chi connectivity index (χ3n) is 6.77. The molecule has 3 N–H and O–H groups in total. The quantitative estimate of drug-likeness (QED) is 0.405. The molecule has 0 heterocycles. The van der Waals surface area contributed by atoms with Crippen molar-refractivity contribution in [2.24, 2.45) is 17.8 Å². The summed E-state index contributed by atoms with van der Waals surface area (Å²) >= 11 is 0. The Morgan fingerprint density at radius 3 is 2.09 bits per heavy atom. The van der Waals surface area contributed by atoms with Crippen LogP contribution in [0.1, 0.15) is 57.1 Å². The molecule has 2 unspecified atom stereocenters. The number of carbonyl (C=O) groups excluding carboxylic acids is 2. The van der Waals surface area contributed by atoms with Crippen molar-refractivity contribution in [2.45, 2.75) is 46.0 Å². The average Bonchev–Trinajstić information content (AvgIpc) is 3.16. The Balaban J connectivity index is 1.50. The topological polar surface area (TPSA) is 105 Å². The molecule has 0 aliphatic heterocycles. The molecule has 2 atom stereocenters. The summed E-state index contributed by atoms with van der Waals surface area (Å²) in [5.41, 5.74) is 4.65. The molecule has 0 bridgehead atoms. The Morgan fingerprint density at radius 2 is 1.54 bits per heavy atom. The summed E-state index contributed by atoms with van der Waals surface area (Å²) < 4.78 is 5.59. The molecular weight excluding hydrogens is 444 g/mol. The summed E-state index contributed by atoms with van der Waals surface area (Å²) in [5.74, 6) is -1.64. The van der Waals surface area contributed by atoms with Crippen molar-refractivity contribution in [3.8, 4) is 11.1 Å². The Labute approximate surface area is 207 Å². The highest BCUT2D eigenvalue weighted by atomic mass is 16.5. The lowest BCUT2D eigenvalue weighted by Crippen LogP contribution is -2.38. The van der Waals surface area contributed by atoms with Gasteiger partial charge in [0.25, 0.3) is 0 Å². The minimum atomic E-state index is -0.899. The fourth-order valence-corrected chi connectivity index (χ4v) is 4.62. The molecule has 7 nitrogen and oxygen atoms in total. The maximum atomic E-state index is 12.5. The number of fused-ring (bicyclic) bond motifs is 3. The first kappa shape index (κ1) is 26.3. The molecular formula is C28H36N2O5. The van der Waals surface area contributed by atoms with Gasteiger partial charge in [-0.15, -0.1) is 0 Å². The van der Waals surface area contributed by atoms with Crippen LogP contribution in [-0.2, 0) is 14.3 Å². The van der Waals surface area contributed by atoms with Gasteiger partial charge in [-0.25, -0.2) is 4.79 Å². The Kier molecular flexibility index (Phi) is 9.29. The van der Waals surface area contributed by atoms with Crippen molar-refractivity contribution in [2.75, 3.05) is 19.7 Å². The first-order valence-electron chi connectivity index (χ1n) is 12.4. The third kappa shape index (κ3) is 6.84. The van der Waals surface area contributed by atoms with Crippen molar-refractivity contribution in [3.63, 3.8) is 0 Å². The molecule has 35 heavy (non-hydrogen) atoms. The average molecular weight is 481 g/mol. The molecule has 7 heteroatoms. The number of aliphatic carboxylic acids is 1. The van der Waals surface area contributed by atoms with Crippen LogP contribution >= 0.6 is 0 Å². The zero-order valence-corrected chi connectivity index (χ0v) is 20.8. The van der Waals surface area contributed by atoms with Crippen LogP contribution in [0, 0.1) is 17.8 Å². The fourth-order valence-electron chi connectivity index (χ4n) is 4.62. The highest BCUT2D eigenvalue weighted by Gasteiger charge is 2.29. The fraction of sp³-hybridized carbons (Fsp3) is 0.464. The van der Waals surface area contributed by atoms with E-state index < -0.39 is 18.0 Å². The van der Waals surface area contributed by atoms with Crippen LogP contribution in [0.5, 0.6) is 0 Å². The van der Waals surface area contributed by atoms with E-state index in [1.165, 1.54) is 11.1 Å². The molecule has 3 rings (SSSR count). The molecule has 1 aliphatic rings. The number of carboxylic acid groups (broad SMARTS) is 1. The molecule has 1 aliphatic carbocycles. The van der Waals surface area contributed by atoms with Crippen molar-refractivity contribution in [1.29, 1.82) is 0 Å². The highest BCUT2D eigenvalue weighted by Crippen LogP contribution is 2.44. The number of nitrogens with one attached hydrogen (secondary N) is 2. The van der Waals surface area contributed by atoms with E-state index in [0.29, 0.717) is 13.0 Å². The van der Waals surface area contributed by atoms with Crippen molar-refractivity contribution >= 4 is 18.0 Å². The van der Waals surface area contributed by atoms with Gasteiger partial charge in [0.2, 0.25) is 5.91 Å². The lowest BCUT2D eigenvalue weighted by Gasteiger charge is -2.22. The van der Waals surface area contributed by atoms with Crippen LogP contribution in [0.4, 0.5) is 4.79 Å². The van der Waals surface area contributed by atoms with Crippen LogP contribution in [0.3, 0.4) is 0 Å². The normalized spacial score (nSPS) is 14.1. The highest BCUT2D eigenvalue weighted by molar-refractivity contribution is 5.79. The second-order valence-corrected chi connectivity index (χ2v) is 9.54. The molecule has 0 saturated heterocycles. The van der Waals surface area contributed by atoms with Gasteiger partial charge in [-0.2, -0.15) is 0 Å². The molecule has 188 valence electrons. The van der Waals surface area contributed by atoms with Gasteiger partial charge in [-0.3, -0.25) is 9.59 Å². The summed E-state index contributed by atoms with van der Waals surface area (Å²) in [6.07, 6.45) is 0.963. The number of carbonyl (C=O) groups is 3.